The summed E-state index contributed by atoms with van der Waals surface area (Å²) in [7, 11) is 0. The molecule has 23 heavy (non-hydrogen) atoms. The van der Waals surface area contributed by atoms with Crippen LogP contribution in [0.25, 0.3) is 5.65 Å². The number of hydrogen-bond acceptors (Lipinski definition) is 4. The van der Waals surface area contributed by atoms with Gasteiger partial charge in [0.1, 0.15) is 5.65 Å². The van der Waals surface area contributed by atoms with E-state index < -0.39 is 0 Å². The van der Waals surface area contributed by atoms with Gasteiger partial charge in [0.05, 0.1) is 23.0 Å². The van der Waals surface area contributed by atoms with Gasteiger partial charge in [-0.2, -0.15) is 0 Å². The number of thioether (sulfide) groups is 1. The summed E-state index contributed by atoms with van der Waals surface area (Å²) in [5.74, 6) is -0.0759. The van der Waals surface area contributed by atoms with Gasteiger partial charge in [-0.3, -0.25) is 4.79 Å². The molecule has 2 aromatic heterocycles. The molecular weight excluding hydrogens is 332 g/mol. The quantitative estimate of drug-likeness (QED) is 0.672. The molecule has 0 aliphatic rings. The van der Waals surface area contributed by atoms with Gasteiger partial charge in [-0.1, -0.05) is 23.7 Å². The number of amides is 1. The number of fused-ring (bicyclic) bond motifs is 1. The fourth-order valence-electron chi connectivity index (χ4n) is 2.18. The van der Waals surface area contributed by atoms with Crippen molar-refractivity contribution in [1.82, 2.24) is 9.38 Å². The van der Waals surface area contributed by atoms with Crippen molar-refractivity contribution < 1.29 is 4.79 Å². The first-order chi connectivity index (χ1) is 11.1. The molecule has 3 aromatic rings. The van der Waals surface area contributed by atoms with E-state index in [0.717, 1.165) is 21.9 Å². The van der Waals surface area contributed by atoms with E-state index in [1.165, 1.54) is 11.8 Å². The van der Waals surface area contributed by atoms with Crippen LogP contribution >= 0.6 is 23.4 Å². The van der Waals surface area contributed by atoms with Crippen LogP contribution in [0, 0.1) is 0 Å². The average molecular weight is 347 g/mol. The third kappa shape index (κ3) is 3.97. The number of aromatic nitrogens is 2. The predicted octanol–water partition coefficient (Wildman–Crippen LogP) is 3.18. The van der Waals surface area contributed by atoms with Crippen LogP contribution in [0.5, 0.6) is 0 Å². The lowest BCUT2D eigenvalue weighted by atomic mass is 10.3. The maximum atomic E-state index is 10.9. The van der Waals surface area contributed by atoms with Gasteiger partial charge >= 0.3 is 0 Å². The minimum absolute atomic E-state index is 0.256. The molecule has 0 bridgehead atoms. The summed E-state index contributed by atoms with van der Waals surface area (Å²) >= 11 is 7.39. The van der Waals surface area contributed by atoms with Crippen LogP contribution in [0.4, 0.5) is 5.69 Å². The molecule has 0 unspecified atom stereocenters. The number of carbonyl (C=O) groups excluding carboxylic acids is 1. The Hall–Kier alpha value is -2.18. The molecular formula is C16H15ClN4OS. The highest BCUT2D eigenvalue weighted by Crippen LogP contribution is 2.27. The summed E-state index contributed by atoms with van der Waals surface area (Å²) in [5.41, 5.74) is 7.91. The highest BCUT2D eigenvalue weighted by atomic mass is 35.5. The summed E-state index contributed by atoms with van der Waals surface area (Å²) in [5, 5.41) is 4.02. The number of para-hydroxylation sites is 1. The first-order valence-corrected chi connectivity index (χ1v) is 8.35. The monoisotopic (exact) mass is 346 g/mol. The number of pyridine rings is 1. The fourth-order valence-corrected chi connectivity index (χ4v) is 3.11. The molecule has 0 radical (unpaired) electrons. The molecule has 3 N–H and O–H groups in total. The molecule has 118 valence electrons. The van der Waals surface area contributed by atoms with E-state index in [9.17, 15) is 4.79 Å². The van der Waals surface area contributed by atoms with Crippen molar-refractivity contribution in [2.45, 2.75) is 11.4 Å². The van der Waals surface area contributed by atoms with E-state index in [-0.39, 0.29) is 11.7 Å². The van der Waals surface area contributed by atoms with Crippen LogP contribution in [0.15, 0.2) is 53.7 Å². The number of hydrogen-bond donors (Lipinski definition) is 2. The number of primary amides is 1. The number of imidazole rings is 1. The Morgan fingerprint density at radius 3 is 2.91 bits per heavy atom. The van der Waals surface area contributed by atoms with Gasteiger partial charge in [-0.25, -0.2) is 4.98 Å². The summed E-state index contributed by atoms with van der Waals surface area (Å²) in [4.78, 5) is 16.5. The number of nitrogens with two attached hydrogens (primary N) is 1. The molecule has 3 rings (SSSR count). The molecule has 1 amide bonds. The number of carbonyl (C=O) groups is 1. The normalized spacial score (nSPS) is 10.8. The molecule has 0 saturated heterocycles. The van der Waals surface area contributed by atoms with Crippen molar-refractivity contribution in [2.75, 3.05) is 11.1 Å². The Kier molecular flexibility index (Phi) is 4.73. The molecule has 2 heterocycles. The molecule has 0 fully saturated rings. The van der Waals surface area contributed by atoms with Gasteiger partial charge in [0.25, 0.3) is 0 Å². The molecule has 5 nitrogen and oxygen atoms in total. The first-order valence-electron chi connectivity index (χ1n) is 6.99. The summed E-state index contributed by atoms with van der Waals surface area (Å²) in [6.45, 7) is 0.577. The van der Waals surface area contributed by atoms with Crippen molar-refractivity contribution in [1.29, 1.82) is 0 Å². The van der Waals surface area contributed by atoms with Crippen molar-refractivity contribution in [3.8, 4) is 0 Å². The number of benzene rings is 1. The second-order valence-electron chi connectivity index (χ2n) is 4.95. The zero-order valence-electron chi connectivity index (χ0n) is 12.2. The molecule has 0 spiro atoms. The number of anilines is 1. The molecule has 0 aliphatic carbocycles. The molecule has 1 aromatic carbocycles. The van der Waals surface area contributed by atoms with Crippen LogP contribution in [-0.4, -0.2) is 21.0 Å². The van der Waals surface area contributed by atoms with E-state index in [1.54, 1.807) is 0 Å². The lowest BCUT2D eigenvalue weighted by Crippen LogP contribution is -2.13. The summed E-state index contributed by atoms with van der Waals surface area (Å²) < 4.78 is 1.90. The zero-order chi connectivity index (χ0) is 16.2. The van der Waals surface area contributed by atoms with Gasteiger partial charge in [-0.05, 0) is 24.3 Å². The van der Waals surface area contributed by atoms with E-state index in [0.29, 0.717) is 11.6 Å². The smallest absolute Gasteiger partial charge is 0.227 e. The van der Waals surface area contributed by atoms with Crippen molar-refractivity contribution in [2.24, 2.45) is 5.73 Å². The third-order valence-electron chi connectivity index (χ3n) is 3.18. The van der Waals surface area contributed by atoms with Gasteiger partial charge in [0, 0.05) is 23.0 Å². The second-order valence-corrected chi connectivity index (χ2v) is 6.40. The summed E-state index contributed by atoms with van der Waals surface area (Å²) in [6, 6.07) is 11.5. The van der Waals surface area contributed by atoms with E-state index in [2.05, 4.69) is 10.3 Å². The van der Waals surface area contributed by atoms with Gasteiger partial charge in [0.15, 0.2) is 0 Å². The van der Waals surface area contributed by atoms with Gasteiger partial charge in [-0.15, -0.1) is 11.8 Å². The Labute approximate surface area is 142 Å². The van der Waals surface area contributed by atoms with Crippen molar-refractivity contribution >= 4 is 40.6 Å². The topological polar surface area (TPSA) is 72.4 Å². The van der Waals surface area contributed by atoms with Crippen LogP contribution < -0.4 is 11.1 Å². The zero-order valence-corrected chi connectivity index (χ0v) is 13.8. The lowest BCUT2D eigenvalue weighted by molar-refractivity contribution is -0.115. The molecule has 0 saturated carbocycles. The molecule has 0 atom stereocenters. The number of halogens is 1. The highest BCUT2D eigenvalue weighted by molar-refractivity contribution is 8.00. The van der Waals surface area contributed by atoms with Crippen molar-refractivity contribution in [3.05, 3.63) is 59.5 Å². The lowest BCUT2D eigenvalue weighted by Gasteiger charge is -2.09. The number of nitrogens with zero attached hydrogens (tertiary/aromatic N) is 2. The van der Waals surface area contributed by atoms with Crippen LogP contribution in [-0.2, 0) is 11.3 Å². The highest BCUT2D eigenvalue weighted by Gasteiger charge is 2.06. The van der Waals surface area contributed by atoms with Crippen molar-refractivity contribution in [3.63, 3.8) is 0 Å². The Balaban J connectivity index is 1.73. The Bertz CT molecular complexity index is 849. The second kappa shape index (κ2) is 6.93. The van der Waals surface area contributed by atoms with E-state index in [4.69, 9.17) is 17.3 Å². The van der Waals surface area contributed by atoms with Gasteiger partial charge in [0.2, 0.25) is 5.91 Å². The Morgan fingerprint density at radius 1 is 1.26 bits per heavy atom. The molecule has 7 heteroatoms. The largest absolute Gasteiger partial charge is 0.378 e. The van der Waals surface area contributed by atoms with E-state index >= 15 is 0 Å². The van der Waals surface area contributed by atoms with Gasteiger partial charge < -0.3 is 15.5 Å². The number of nitrogens with one attached hydrogen (secondary N) is 1. The SMILES string of the molecule is NC(=O)CSc1ccccc1NCc1cn2cc(Cl)ccc2n1. The fraction of sp³-hybridized carbons (Fsp3) is 0.125. The summed E-state index contributed by atoms with van der Waals surface area (Å²) in [6.07, 6.45) is 3.76. The minimum atomic E-state index is -0.331. The molecule has 0 aliphatic heterocycles. The van der Waals surface area contributed by atoms with Crippen LogP contribution in [0.2, 0.25) is 5.02 Å². The maximum absolute atomic E-state index is 10.9. The predicted molar refractivity (Wildman–Crippen MR) is 93.9 cm³/mol. The average Bonchev–Trinajstić information content (AvgIpc) is 2.93. The standard InChI is InChI=1S/C16H15ClN4OS/c17-11-5-6-16-20-12(9-21(16)8-11)7-19-13-3-1-2-4-14(13)23-10-15(18)22/h1-6,8-9,19H,7,10H2,(H2,18,22). The third-order valence-corrected chi connectivity index (χ3v) is 4.50. The van der Waals surface area contributed by atoms with Crippen LogP contribution in [0.1, 0.15) is 5.69 Å². The number of rotatable bonds is 6. The van der Waals surface area contributed by atoms with Crippen LogP contribution in [0.3, 0.4) is 0 Å². The van der Waals surface area contributed by atoms with E-state index in [1.807, 2.05) is 53.2 Å². The minimum Gasteiger partial charge on any atom is -0.378 e. The first kappa shape index (κ1) is 15.7. The Morgan fingerprint density at radius 2 is 2.09 bits per heavy atom. The maximum Gasteiger partial charge on any atom is 0.227 e.